The average Bonchev–Trinajstić information content (AvgIpc) is 2.97. The van der Waals surface area contributed by atoms with E-state index in [2.05, 4.69) is 0 Å². The molecule has 0 aromatic carbocycles. The van der Waals surface area contributed by atoms with Crippen molar-refractivity contribution in [1.29, 1.82) is 0 Å². The van der Waals surface area contributed by atoms with Crippen LogP contribution in [0, 0.1) is 5.41 Å². The Morgan fingerprint density at radius 3 is 2.50 bits per heavy atom. The van der Waals surface area contributed by atoms with Gasteiger partial charge in [0.2, 0.25) is 5.91 Å². The first-order valence-electron chi connectivity index (χ1n) is 8.33. The Labute approximate surface area is 131 Å². The molecule has 6 nitrogen and oxygen atoms in total. The van der Waals surface area contributed by atoms with Gasteiger partial charge in [0, 0.05) is 45.1 Å². The lowest BCUT2D eigenvalue weighted by Gasteiger charge is -2.42. The lowest BCUT2D eigenvalue weighted by atomic mass is 9.78. The van der Waals surface area contributed by atoms with Gasteiger partial charge in [-0.15, -0.1) is 0 Å². The van der Waals surface area contributed by atoms with Gasteiger partial charge in [-0.25, -0.2) is 0 Å². The van der Waals surface area contributed by atoms with Gasteiger partial charge in [0.15, 0.2) is 0 Å². The molecule has 0 saturated carbocycles. The number of rotatable bonds is 1. The average molecular weight is 310 g/mol. The summed E-state index contributed by atoms with van der Waals surface area (Å²) in [6.07, 6.45) is 3.40. The molecule has 6 heteroatoms. The number of likely N-dealkylation sites (tertiary alicyclic amines) is 1. The maximum Gasteiger partial charge on any atom is 0.251 e. The zero-order chi connectivity index (χ0) is 15.6. The van der Waals surface area contributed by atoms with Crippen LogP contribution in [0.5, 0.6) is 0 Å². The van der Waals surface area contributed by atoms with Crippen molar-refractivity contribution in [2.24, 2.45) is 5.41 Å². The van der Waals surface area contributed by atoms with Gasteiger partial charge in [-0.1, -0.05) is 0 Å². The number of piperidine rings is 1. The fourth-order valence-electron chi connectivity index (χ4n) is 3.74. The van der Waals surface area contributed by atoms with Crippen LogP contribution in [0.4, 0.5) is 0 Å². The summed E-state index contributed by atoms with van der Waals surface area (Å²) in [5.74, 6) is 0.257. The van der Waals surface area contributed by atoms with Gasteiger partial charge in [-0.2, -0.15) is 0 Å². The van der Waals surface area contributed by atoms with E-state index in [1.54, 1.807) is 6.92 Å². The summed E-state index contributed by atoms with van der Waals surface area (Å²) in [7, 11) is 0. The number of carbonyl (C=O) groups is 2. The van der Waals surface area contributed by atoms with Crippen LogP contribution in [0.1, 0.15) is 32.6 Å². The number of hydrogen-bond acceptors (Lipinski definition) is 4. The lowest BCUT2D eigenvalue weighted by Crippen LogP contribution is -2.51. The Bertz CT molecular complexity index is 426. The highest BCUT2D eigenvalue weighted by molar-refractivity contribution is 5.81. The molecule has 3 aliphatic rings. The first-order chi connectivity index (χ1) is 10.6. The van der Waals surface area contributed by atoms with Gasteiger partial charge in [-0.3, -0.25) is 9.59 Å². The van der Waals surface area contributed by atoms with E-state index in [4.69, 9.17) is 9.47 Å². The van der Waals surface area contributed by atoms with Crippen molar-refractivity contribution in [2.45, 2.75) is 38.7 Å². The Balaban J connectivity index is 1.59. The van der Waals surface area contributed by atoms with Crippen molar-refractivity contribution >= 4 is 11.8 Å². The quantitative estimate of drug-likeness (QED) is 0.714. The second-order valence-electron chi connectivity index (χ2n) is 6.82. The predicted molar refractivity (Wildman–Crippen MR) is 80.3 cm³/mol. The molecule has 1 spiro atoms. The van der Waals surface area contributed by atoms with Crippen molar-refractivity contribution in [1.82, 2.24) is 9.80 Å². The van der Waals surface area contributed by atoms with Crippen LogP contribution in [0.3, 0.4) is 0 Å². The van der Waals surface area contributed by atoms with Crippen LogP contribution < -0.4 is 0 Å². The van der Waals surface area contributed by atoms with Gasteiger partial charge >= 0.3 is 0 Å². The van der Waals surface area contributed by atoms with Crippen molar-refractivity contribution in [3.63, 3.8) is 0 Å². The summed E-state index contributed by atoms with van der Waals surface area (Å²) in [5.41, 5.74) is 0.00941. The van der Waals surface area contributed by atoms with E-state index < -0.39 is 0 Å². The monoisotopic (exact) mass is 310 g/mol. The smallest absolute Gasteiger partial charge is 0.251 e. The summed E-state index contributed by atoms with van der Waals surface area (Å²) in [4.78, 5) is 28.0. The third-order valence-corrected chi connectivity index (χ3v) is 5.23. The first kappa shape index (κ1) is 15.7. The molecule has 3 aliphatic heterocycles. The normalized spacial score (nSPS) is 28.7. The molecule has 1 unspecified atom stereocenters. The van der Waals surface area contributed by atoms with E-state index in [1.807, 2.05) is 9.80 Å². The maximum atomic E-state index is 12.4. The molecule has 0 aromatic rings. The summed E-state index contributed by atoms with van der Waals surface area (Å²) in [5, 5.41) is 0. The number of amides is 2. The highest BCUT2D eigenvalue weighted by atomic mass is 16.5. The van der Waals surface area contributed by atoms with E-state index in [9.17, 15) is 9.59 Å². The number of nitrogens with zero attached hydrogens (tertiary/aromatic N) is 2. The van der Waals surface area contributed by atoms with Crippen molar-refractivity contribution in [3.8, 4) is 0 Å². The third-order valence-electron chi connectivity index (χ3n) is 5.23. The summed E-state index contributed by atoms with van der Waals surface area (Å²) in [6.45, 7) is 6.55. The van der Waals surface area contributed by atoms with E-state index in [0.29, 0.717) is 26.4 Å². The third kappa shape index (κ3) is 3.27. The minimum atomic E-state index is -0.229. The SMILES string of the molecule is CC(=O)N1CCOCC2(CCN(C(=O)C3CCCO3)CC2)C1. The Hall–Kier alpha value is -1.14. The minimum Gasteiger partial charge on any atom is -0.379 e. The Morgan fingerprint density at radius 1 is 1.09 bits per heavy atom. The molecule has 3 fully saturated rings. The highest BCUT2D eigenvalue weighted by Gasteiger charge is 2.41. The van der Waals surface area contributed by atoms with E-state index >= 15 is 0 Å². The van der Waals surface area contributed by atoms with Gasteiger partial charge in [0.05, 0.1) is 13.2 Å². The molecule has 0 bridgehead atoms. The maximum absolute atomic E-state index is 12.4. The van der Waals surface area contributed by atoms with Crippen molar-refractivity contribution in [2.75, 3.05) is 46.0 Å². The predicted octanol–water partition coefficient (Wildman–Crippen LogP) is 0.653. The van der Waals surface area contributed by atoms with Crippen LogP contribution >= 0.6 is 0 Å². The molecule has 3 heterocycles. The minimum absolute atomic E-state index is 0.00941. The molecule has 3 rings (SSSR count). The summed E-state index contributed by atoms with van der Waals surface area (Å²) < 4.78 is 11.2. The van der Waals surface area contributed by atoms with Crippen LogP contribution in [-0.2, 0) is 19.1 Å². The fraction of sp³-hybridized carbons (Fsp3) is 0.875. The van der Waals surface area contributed by atoms with E-state index in [-0.39, 0.29) is 23.3 Å². The van der Waals surface area contributed by atoms with Gasteiger partial charge < -0.3 is 19.3 Å². The van der Waals surface area contributed by atoms with Crippen LogP contribution in [0.2, 0.25) is 0 Å². The number of carbonyl (C=O) groups excluding carboxylic acids is 2. The zero-order valence-corrected chi connectivity index (χ0v) is 13.4. The molecular formula is C16H26N2O4. The number of hydrogen-bond donors (Lipinski definition) is 0. The first-order valence-corrected chi connectivity index (χ1v) is 8.33. The lowest BCUT2D eigenvalue weighted by molar-refractivity contribution is -0.144. The number of ether oxygens (including phenoxy) is 2. The van der Waals surface area contributed by atoms with E-state index in [1.165, 1.54) is 0 Å². The second-order valence-corrected chi connectivity index (χ2v) is 6.82. The molecule has 0 aliphatic carbocycles. The molecule has 3 saturated heterocycles. The highest BCUT2D eigenvalue weighted by Crippen LogP contribution is 2.35. The molecule has 0 N–H and O–H groups in total. The summed E-state index contributed by atoms with van der Waals surface area (Å²) >= 11 is 0. The van der Waals surface area contributed by atoms with Crippen molar-refractivity contribution in [3.05, 3.63) is 0 Å². The Morgan fingerprint density at radius 2 is 1.86 bits per heavy atom. The molecule has 0 radical (unpaired) electrons. The standard InChI is InChI=1S/C16H26N2O4/c1-13(19)18-8-10-21-12-16(11-18)4-6-17(7-5-16)15(20)14-3-2-9-22-14/h14H,2-12H2,1H3. The Kier molecular flexibility index (Phi) is 4.68. The molecule has 2 amide bonds. The van der Waals surface area contributed by atoms with Gasteiger partial charge in [0.1, 0.15) is 6.10 Å². The summed E-state index contributed by atoms with van der Waals surface area (Å²) in [6, 6.07) is 0. The van der Waals surface area contributed by atoms with Crippen LogP contribution in [0.25, 0.3) is 0 Å². The molecule has 124 valence electrons. The van der Waals surface area contributed by atoms with Crippen molar-refractivity contribution < 1.29 is 19.1 Å². The molecule has 22 heavy (non-hydrogen) atoms. The van der Waals surface area contributed by atoms with Crippen LogP contribution in [-0.4, -0.2) is 73.7 Å². The second kappa shape index (κ2) is 6.54. The molecular weight excluding hydrogens is 284 g/mol. The van der Waals surface area contributed by atoms with Gasteiger partial charge in [0.25, 0.3) is 5.91 Å². The van der Waals surface area contributed by atoms with Gasteiger partial charge in [-0.05, 0) is 25.7 Å². The molecule has 0 aromatic heterocycles. The largest absolute Gasteiger partial charge is 0.379 e. The zero-order valence-electron chi connectivity index (χ0n) is 13.4. The fourth-order valence-corrected chi connectivity index (χ4v) is 3.74. The topological polar surface area (TPSA) is 59.1 Å². The van der Waals surface area contributed by atoms with Crippen LogP contribution in [0.15, 0.2) is 0 Å². The molecule has 1 atom stereocenters. The van der Waals surface area contributed by atoms with E-state index in [0.717, 1.165) is 45.3 Å².